The number of benzene rings is 2. The highest BCUT2D eigenvalue weighted by Gasteiger charge is 2.17. The van der Waals surface area contributed by atoms with Crippen molar-refractivity contribution < 1.29 is 9.18 Å². The third-order valence-corrected chi connectivity index (χ3v) is 4.22. The first-order valence-corrected chi connectivity index (χ1v) is 8.27. The van der Waals surface area contributed by atoms with E-state index in [4.69, 9.17) is 34.8 Å². The molecule has 0 fully saturated rings. The highest BCUT2D eigenvalue weighted by atomic mass is 35.5. The number of amides is 1. The number of hydrogen-bond donors (Lipinski definition) is 1. The maximum atomic E-state index is 13.6. The summed E-state index contributed by atoms with van der Waals surface area (Å²) in [6, 6.07) is 10.9. The van der Waals surface area contributed by atoms with Crippen LogP contribution >= 0.6 is 34.8 Å². The SMILES string of the molecule is Cc1cc(NC(=O)c2cc(F)c(Cl)cc2Cl)n(-c2cccc(Cl)c2)n1. The van der Waals surface area contributed by atoms with Crippen molar-refractivity contribution in [2.45, 2.75) is 6.92 Å². The van der Waals surface area contributed by atoms with Crippen molar-refractivity contribution in [3.8, 4) is 5.69 Å². The molecule has 3 rings (SSSR count). The molecule has 0 radical (unpaired) electrons. The predicted octanol–water partition coefficient (Wildman–Crippen LogP) is 5.53. The van der Waals surface area contributed by atoms with Gasteiger partial charge in [0.15, 0.2) is 0 Å². The second-order valence-electron chi connectivity index (χ2n) is 5.26. The number of aromatic nitrogens is 2. The van der Waals surface area contributed by atoms with Crippen LogP contribution in [0.4, 0.5) is 10.2 Å². The molecule has 2 aromatic carbocycles. The summed E-state index contributed by atoms with van der Waals surface area (Å²) in [5, 5.41) is 7.45. The third-order valence-electron chi connectivity index (χ3n) is 3.38. The summed E-state index contributed by atoms with van der Waals surface area (Å²) < 4.78 is 15.2. The van der Waals surface area contributed by atoms with Gasteiger partial charge in [-0.2, -0.15) is 5.10 Å². The molecular weight excluding hydrogens is 388 g/mol. The zero-order valence-corrected chi connectivity index (χ0v) is 15.1. The van der Waals surface area contributed by atoms with Gasteiger partial charge >= 0.3 is 0 Å². The fourth-order valence-electron chi connectivity index (χ4n) is 2.27. The predicted molar refractivity (Wildman–Crippen MR) is 97.7 cm³/mol. The molecule has 1 amide bonds. The minimum atomic E-state index is -0.726. The van der Waals surface area contributed by atoms with Crippen molar-refractivity contribution in [2.24, 2.45) is 0 Å². The van der Waals surface area contributed by atoms with Crippen molar-refractivity contribution in [3.05, 3.63) is 74.6 Å². The Kier molecular flexibility index (Phi) is 4.99. The number of rotatable bonds is 3. The van der Waals surface area contributed by atoms with E-state index < -0.39 is 11.7 Å². The monoisotopic (exact) mass is 397 g/mol. The van der Waals surface area contributed by atoms with Gasteiger partial charge in [-0.3, -0.25) is 4.79 Å². The molecule has 0 atom stereocenters. The molecule has 0 unspecified atom stereocenters. The number of nitrogens with zero attached hydrogens (tertiary/aromatic N) is 2. The minimum Gasteiger partial charge on any atom is -0.306 e. The number of carbonyl (C=O) groups excluding carboxylic acids is 1. The summed E-state index contributed by atoms with van der Waals surface area (Å²) in [5.74, 6) is -0.907. The van der Waals surface area contributed by atoms with Crippen LogP contribution < -0.4 is 5.32 Å². The molecule has 0 aliphatic heterocycles. The topological polar surface area (TPSA) is 46.9 Å². The number of hydrogen-bond acceptors (Lipinski definition) is 2. The van der Waals surface area contributed by atoms with E-state index >= 15 is 0 Å². The van der Waals surface area contributed by atoms with Gasteiger partial charge in [0, 0.05) is 11.1 Å². The molecule has 128 valence electrons. The molecule has 8 heteroatoms. The van der Waals surface area contributed by atoms with Crippen LogP contribution in [0.25, 0.3) is 5.69 Å². The zero-order chi connectivity index (χ0) is 18.1. The molecule has 1 heterocycles. The van der Waals surface area contributed by atoms with Gasteiger partial charge in [-0.05, 0) is 37.3 Å². The van der Waals surface area contributed by atoms with E-state index in [2.05, 4.69) is 10.4 Å². The Morgan fingerprint density at radius 2 is 1.88 bits per heavy atom. The Balaban J connectivity index is 1.96. The highest BCUT2D eigenvalue weighted by molar-refractivity contribution is 6.37. The van der Waals surface area contributed by atoms with Crippen molar-refractivity contribution in [2.75, 3.05) is 5.32 Å². The standard InChI is InChI=1S/C17H11Cl3FN3O/c1-9-5-16(24(23-9)11-4-2-3-10(18)6-11)22-17(25)12-7-15(21)14(20)8-13(12)19/h2-8H,1H3,(H,22,25). The first kappa shape index (κ1) is 17.7. The molecule has 4 nitrogen and oxygen atoms in total. The van der Waals surface area contributed by atoms with E-state index in [0.29, 0.717) is 22.2 Å². The second kappa shape index (κ2) is 7.04. The quantitative estimate of drug-likeness (QED) is 0.589. The molecular formula is C17H11Cl3FN3O. The summed E-state index contributed by atoms with van der Waals surface area (Å²) in [5.41, 5.74) is 1.33. The molecule has 1 N–H and O–H groups in total. The molecule has 25 heavy (non-hydrogen) atoms. The first-order valence-electron chi connectivity index (χ1n) is 7.13. The fraction of sp³-hybridized carbons (Fsp3) is 0.0588. The molecule has 3 aromatic rings. The first-order chi connectivity index (χ1) is 11.8. The smallest absolute Gasteiger partial charge is 0.258 e. The average molecular weight is 399 g/mol. The molecule has 0 spiro atoms. The van der Waals surface area contributed by atoms with Crippen LogP contribution in [0.2, 0.25) is 15.1 Å². The molecule has 0 bridgehead atoms. The Bertz CT molecular complexity index is 972. The maximum Gasteiger partial charge on any atom is 0.258 e. The maximum absolute atomic E-state index is 13.6. The molecule has 0 saturated carbocycles. The molecule has 0 aliphatic rings. The van der Waals surface area contributed by atoms with E-state index in [0.717, 1.165) is 6.07 Å². The lowest BCUT2D eigenvalue weighted by Gasteiger charge is -2.10. The summed E-state index contributed by atoms with van der Waals surface area (Å²) in [6.07, 6.45) is 0. The number of halogens is 4. The largest absolute Gasteiger partial charge is 0.306 e. The fourth-order valence-corrected chi connectivity index (χ4v) is 2.93. The van der Waals surface area contributed by atoms with Gasteiger partial charge in [-0.25, -0.2) is 9.07 Å². The van der Waals surface area contributed by atoms with E-state index in [-0.39, 0.29) is 15.6 Å². The van der Waals surface area contributed by atoms with E-state index in [9.17, 15) is 9.18 Å². The summed E-state index contributed by atoms with van der Waals surface area (Å²) >= 11 is 17.7. The van der Waals surface area contributed by atoms with Gasteiger partial charge < -0.3 is 5.32 Å². The number of carbonyl (C=O) groups is 1. The van der Waals surface area contributed by atoms with Crippen LogP contribution in [-0.4, -0.2) is 15.7 Å². The van der Waals surface area contributed by atoms with Gasteiger partial charge in [-0.15, -0.1) is 0 Å². The van der Waals surface area contributed by atoms with Crippen LogP contribution in [-0.2, 0) is 0 Å². The van der Waals surface area contributed by atoms with Crippen molar-refractivity contribution in [1.29, 1.82) is 0 Å². The second-order valence-corrected chi connectivity index (χ2v) is 6.51. The Labute approximate surface area is 158 Å². The molecule has 1 aromatic heterocycles. The van der Waals surface area contributed by atoms with Gasteiger partial charge in [0.25, 0.3) is 5.91 Å². The Hall–Kier alpha value is -2.08. The zero-order valence-electron chi connectivity index (χ0n) is 12.9. The van der Waals surface area contributed by atoms with E-state index in [1.165, 1.54) is 10.7 Å². The molecule has 0 saturated heterocycles. The highest BCUT2D eigenvalue weighted by Crippen LogP contribution is 2.26. The van der Waals surface area contributed by atoms with Gasteiger partial charge in [0.2, 0.25) is 0 Å². The third kappa shape index (κ3) is 3.79. The van der Waals surface area contributed by atoms with Crippen LogP contribution in [0.3, 0.4) is 0 Å². The normalized spacial score (nSPS) is 10.8. The minimum absolute atomic E-state index is 0.0277. The van der Waals surface area contributed by atoms with Crippen LogP contribution in [0.1, 0.15) is 16.1 Å². The van der Waals surface area contributed by atoms with Gasteiger partial charge in [0.05, 0.1) is 27.0 Å². The Morgan fingerprint density at radius 3 is 2.60 bits per heavy atom. The average Bonchev–Trinajstić information content (AvgIpc) is 2.91. The van der Waals surface area contributed by atoms with Crippen molar-refractivity contribution in [1.82, 2.24) is 9.78 Å². The van der Waals surface area contributed by atoms with Crippen molar-refractivity contribution >= 4 is 46.5 Å². The van der Waals surface area contributed by atoms with Gasteiger partial charge in [0.1, 0.15) is 11.6 Å². The lowest BCUT2D eigenvalue weighted by Crippen LogP contribution is -2.16. The summed E-state index contributed by atoms with van der Waals surface area (Å²) in [6.45, 7) is 1.78. The van der Waals surface area contributed by atoms with Crippen LogP contribution in [0.5, 0.6) is 0 Å². The van der Waals surface area contributed by atoms with E-state index in [1.807, 2.05) is 0 Å². The lowest BCUT2D eigenvalue weighted by molar-refractivity contribution is 0.102. The lowest BCUT2D eigenvalue weighted by atomic mass is 10.2. The van der Waals surface area contributed by atoms with Crippen LogP contribution in [0, 0.1) is 12.7 Å². The van der Waals surface area contributed by atoms with Crippen molar-refractivity contribution in [3.63, 3.8) is 0 Å². The number of aryl methyl sites for hydroxylation is 1. The summed E-state index contributed by atoms with van der Waals surface area (Å²) in [7, 11) is 0. The number of anilines is 1. The van der Waals surface area contributed by atoms with E-state index in [1.54, 1.807) is 37.3 Å². The molecule has 0 aliphatic carbocycles. The number of nitrogens with one attached hydrogen (secondary N) is 1. The van der Waals surface area contributed by atoms with Crippen LogP contribution in [0.15, 0.2) is 42.5 Å². The Morgan fingerprint density at radius 1 is 1.12 bits per heavy atom. The van der Waals surface area contributed by atoms with Gasteiger partial charge in [-0.1, -0.05) is 40.9 Å². The summed E-state index contributed by atoms with van der Waals surface area (Å²) in [4.78, 5) is 12.5.